The summed E-state index contributed by atoms with van der Waals surface area (Å²) in [6.45, 7) is 5.85. The maximum Gasteiger partial charge on any atom is 0.315 e. The maximum absolute atomic E-state index is 12.3. The van der Waals surface area contributed by atoms with Crippen molar-refractivity contribution in [2.24, 2.45) is 0 Å². The van der Waals surface area contributed by atoms with E-state index in [1.807, 2.05) is 25.1 Å². The number of amides is 2. The molecule has 1 unspecified atom stereocenters. The predicted molar refractivity (Wildman–Crippen MR) is 109 cm³/mol. The van der Waals surface area contributed by atoms with E-state index in [0.717, 1.165) is 35.7 Å². The van der Waals surface area contributed by atoms with Gasteiger partial charge >= 0.3 is 6.03 Å². The molecule has 6 heteroatoms. The molecule has 148 valence electrons. The molecule has 1 fully saturated rings. The first-order valence-corrected chi connectivity index (χ1v) is 9.97. The van der Waals surface area contributed by atoms with Gasteiger partial charge in [-0.25, -0.2) is 4.79 Å². The quantitative estimate of drug-likeness (QED) is 0.830. The van der Waals surface area contributed by atoms with Crippen molar-refractivity contribution in [2.45, 2.75) is 32.4 Å². The summed E-state index contributed by atoms with van der Waals surface area (Å²) in [6.07, 6.45) is 2.54. The zero-order valence-corrected chi connectivity index (χ0v) is 16.2. The molecule has 1 saturated heterocycles. The Morgan fingerprint density at radius 1 is 1.04 bits per heavy atom. The van der Waals surface area contributed by atoms with Crippen molar-refractivity contribution in [3.63, 3.8) is 0 Å². The largest absolute Gasteiger partial charge is 0.486 e. The number of carbonyl (C=O) groups excluding carboxylic acids is 1. The summed E-state index contributed by atoms with van der Waals surface area (Å²) in [5.74, 6) is 1.49. The number of hydrogen-bond acceptors (Lipinski definition) is 4. The topological polar surface area (TPSA) is 62.8 Å². The maximum atomic E-state index is 12.3. The van der Waals surface area contributed by atoms with Gasteiger partial charge in [0.2, 0.25) is 0 Å². The van der Waals surface area contributed by atoms with Gasteiger partial charge in [0.1, 0.15) is 13.2 Å². The highest BCUT2D eigenvalue weighted by Crippen LogP contribution is 2.32. The highest BCUT2D eigenvalue weighted by atomic mass is 16.6. The van der Waals surface area contributed by atoms with Crippen molar-refractivity contribution in [3.8, 4) is 11.5 Å². The molecule has 0 radical (unpaired) electrons. The van der Waals surface area contributed by atoms with E-state index < -0.39 is 0 Å². The number of nitrogens with one attached hydrogen (secondary N) is 2. The Hall–Kier alpha value is -2.89. The average Bonchev–Trinajstić information content (AvgIpc) is 3.27. The minimum atomic E-state index is -0.189. The van der Waals surface area contributed by atoms with Gasteiger partial charge in [0.15, 0.2) is 11.5 Å². The molecular weight excluding hydrogens is 354 g/mol. The van der Waals surface area contributed by atoms with Crippen LogP contribution >= 0.6 is 0 Å². The molecule has 0 spiro atoms. The molecule has 0 bridgehead atoms. The number of nitrogens with zero attached hydrogens (tertiary/aromatic N) is 1. The Bertz CT molecular complexity index is 816. The van der Waals surface area contributed by atoms with E-state index >= 15 is 0 Å². The highest BCUT2D eigenvalue weighted by Gasteiger charge is 2.16. The van der Waals surface area contributed by atoms with Crippen LogP contribution in [-0.4, -0.2) is 32.3 Å². The van der Waals surface area contributed by atoms with Gasteiger partial charge in [-0.2, -0.15) is 0 Å². The zero-order chi connectivity index (χ0) is 19.3. The van der Waals surface area contributed by atoms with Crippen molar-refractivity contribution in [3.05, 3.63) is 53.6 Å². The van der Waals surface area contributed by atoms with Crippen LogP contribution in [0.2, 0.25) is 0 Å². The summed E-state index contributed by atoms with van der Waals surface area (Å²) in [5, 5.41) is 5.91. The first-order valence-electron chi connectivity index (χ1n) is 9.97. The van der Waals surface area contributed by atoms with E-state index in [-0.39, 0.29) is 12.1 Å². The lowest BCUT2D eigenvalue weighted by molar-refractivity contribution is 0.171. The number of urea groups is 1. The van der Waals surface area contributed by atoms with Crippen LogP contribution in [0.25, 0.3) is 0 Å². The fraction of sp³-hybridized carbons (Fsp3) is 0.409. The molecule has 6 nitrogen and oxygen atoms in total. The van der Waals surface area contributed by atoms with Gasteiger partial charge in [-0.1, -0.05) is 18.2 Å². The molecule has 2 N–H and O–H groups in total. The first kappa shape index (κ1) is 18.5. The molecule has 0 aromatic heterocycles. The highest BCUT2D eigenvalue weighted by molar-refractivity contribution is 5.74. The molecule has 0 saturated carbocycles. The lowest BCUT2D eigenvalue weighted by atomic mass is 10.1. The van der Waals surface area contributed by atoms with Crippen LogP contribution in [0.5, 0.6) is 11.5 Å². The smallest absolute Gasteiger partial charge is 0.315 e. The van der Waals surface area contributed by atoms with Gasteiger partial charge < -0.3 is 25.0 Å². The lowest BCUT2D eigenvalue weighted by Gasteiger charge is -2.21. The second-order valence-electron chi connectivity index (χ2n) is 7.31. The number of hydrogen-bond donors (Lipinski definition) is 2. The third-order valence-electron chi connectivity index (χ3n) is 5.27. The standard InChI is InChI=1S/C22H27N3O3/c1-16(18-6-9-20-21(14-18)28-13-12-27-20)24-22(26)23-15-17-4-7-19(8-5-17)25-10-2-3-11-25/h4-9,14,16H,2-3,10-13,15H2,1H3,(H2,23,24,26). The molecule has 28 heavy (non-hydrogen) atoms. The number of fused-ring (bicyclic) bond motifs is 1. The zero-order valence-electron chi connectivity index (χ0n) is 16.2. The van der Waals surface area contributed by atoms with E-state index in [1.165, 1.54) is 18.5 Å². The Labute approximate surface area is 165 Å². The van der Waals surface area contributed by atoms with Crippen molar-refractivity contribution < 1.29 is 14.3 Å². The number of rotatable bonds is 5. The summed E-state index contributed by atoms with van der Waals surface area (Å²) < 4.78 is 11.2. The van der Waals surface area contributed by atoms with E-state index in [2.05, 4.69) is 39.8 Å². The fourth-order valence-electron chi connectivity index (χ4n) is 3.64. The van der Waals surface area contributed by atoms with E-state index in [4.69, 9.17) is 9.47 Å². The molecule has 2 aromatic carbocycles. The second kappa shape index (κ2) is 8.42. The fourth-order valence-corrected chi connectivity index (χ4v) is 3.64. The predicted octanol–water partition coefficient (Wildman–Crippen LogP) is 3.62. The number of anilines is 1. The third kappa shape index (κ3) is 4.32. The van der Waals surface area contributed by atoms with Crippen molar-refractivity contribution in [2.75, 3.05) is 31.2 Å². The Kier molecular flexibility index (Phi) is 5.55. The van der Waals surface area contributed by atoms with E-state index in [9.17, 15) is 4.79 Å². The number of benzene rings is 2. The Balaban J connectivity index is 1.28. The van der Waals surface area contributed by atoms with Crippen molar-refractivity contribution in [1.29, 1.82) is 0 Å². The monoisotopic (exact) mass is 381 g/mol. The van der Waals surface area contributed by atoms with Crippen LogP contribution in [0.4, 0.5) is 10.5 Å². The minimum absolute atomic E-state index is 0.131. The molecule has 2 aliphatic rings. The van der Waals surface area contributed by atoms with E-state index in [1.54, 1.807) is 0 Å². The molecule has 0 aliphatic carbocycles. The van der Waals surface area contributed by atoms with Crippen LogP contribution in [0.1, 0.15) is 36.9 Å². The third-order valence-corrected chi connectivity index (χ3v) is 5.27. The van der Waals surface area contributed by atoms with Gasteiger partial charge in [0.25, 0.3) is 0 Å². The summed E-state index contributed by atoms with van der Waals surface area (Å²) in [7, 11) is 0. The van der Waals surface area contributed by atoms with Crippen LogP contribution in [0.15, 0.2) is 42.5 Å². The van der Waals surface area contributed by atoms with Crippen LogP contribution < -0.4 is 25.0 Å². The minimum Gasteiger partial charge on any atom is -0.486 e. The molecule has 1 atom stereocenters. The lowest BCUT2D eigenvalue weighted by Crippen LogP contribution is -2.36. The molecule has 2 heterocycles. The van der Waals surface area contributed by atoms with Crippen LogP contribution in [-0.2, 0) is 6.54 Å². The van der Waals surface area contributed by atoms with Crippen LogP contribution in [0.3, 0.4) is 0 Å². The number of carbonyl (C=O) groups is 1. The summed E-state index contributed by atoms with van der Waals surface area (Å²) in [6, 6.07) is 13.9. The first-order chi connectivity index (χ1) is 13.7. The van der Waals surface area contributed by atoms with Crippen LogP contribution in [0, 0.1) is 0 Å². The van der Waals surface area contributed by atoms with Gasteiger partial charge in [-0.3, -0.25) is 0 Å². The summed E-state index contributed by atoms with van der Waals surface area (Å²) >= 11 is 0. The molecule has 4 rings (SSSR count). The normalized spacial score (nSPS) is 16.5. The van der Waals surface area contributed by atoms with Crippen molar-refractivity contribution in [1.82, 2.24) is 10.6 Å². The number of ether oxygens (including phenoxy) is 2. The summed E-state index contributed by atoms with van der Waals surface area (Å²) in [4.78, 5) is 14.7. The molecule has 2 aromatic rings. The van der Waals surface area contributed by atoms with Gasteiger partial charge in [-0.05, 0) is 55.2 Å². The SMILES string of the molecule is CC(NC(=O)NCc1ccc(N2CCCC2)cc1)c1ccc2c(c1)OCCO2. The van der Waals surface area contributed by atoms with Gasteiger partial charge in [0, 0.05) is 25.3 Å². The Morgan fingerprint density at radius 2 is 1.75 bits per heavy atom. The van der Waals surface area contributed by atoms with E-state index in [0.29, 0.717) is 19.8 Å². The average molecular weight is 381 g/mol. The van der Waals surface area contributed by atoms with Gasteiger partial charge in [0.05, 0.1) is 6.04 Å². The molecular formula is C22H27N3O3. The van der Waals surface area contributed by atoms with Crippen molar-refractivity contribution >= 4 is 11.7 Å². The molecule has 2 amide bonds. The molecule has 2 aliphatic heterocycles. The van der Waals surface area contributed by atoms with Gasteiger partial charge in [-0.15, -0.1) is 0 Å². The Morgan fingerprint density at radius 3 is 2.50 bits per heavy atom. The second-order valence-corrected chi connectivity index (χ2v) is 7.31. The summed E-state index contributed by atoms with van der Waals surface area (Å²) in [5.41, 5.74) is 3.33.